The van der Waals surface area contributed by atoms with Crippen LogP contribution in [-0.2, 0) is 0 Å². The minimum Gasteiger partial charge on any atom is -0.450 e. The van der Waals surface area contributed by atoms with Crippen molar-refractivity contribution in [1.82, 2.24) is 0 Å². The summed E-state index contributed by atoms with van der Waals surface area (Å²) in [5, 5.41) is 11.1. The van der Waals surface area contributed by atoms with Gasteiger partial charge in [0.25, 0.3) is 0 Å². The number of nitrogens with zero attached hydrogens (tertiary/aromatic N) is 1. The lowest BCUT2D eigenvalue weighted by Crippen LogP contribution is -2.07. The van der Waals surface area contributed by atoms with Gasteiger partial charge in [-0.15, -0.1) is 0 Å². The number of hydrogen-bond acceptors (Lipinski definition) is 4. The van der Waals surface area contributed by atoms with Crippen molar-refractivity contribution >= 4 is 5.69 Å². The highest BCUT2D eigenvalue weighted by Gasteiger charge is 2.18. The zero-order valence-corrected chi connectivity index (χ0v) is 11.7. The van der Waals surface area contributed by atoms with Crippen LogP contribution in [0.3, 0.4) is 0 Å². The summed E-state index contributed by atoms with van der Waals surface area (Å²) in [5.74, 6) is -0.0366. The molecule has 0 saturated carbocycles. The minimum absolute atomic E-state index is 0.0964. The Bertz CT molecular complexity index is 687. The molecule has 0 fully saturated rings. The predicted molar refractivity (Wildman–Crippen MR) is 76.9 cm³/mol. The Morgan fingerprint density at radius 2 is 1.90 bits per heavy atom. The van der Waals surface area contributed by atoms with Crippen LogP contribution in [0.25, 0.3) is 0 Å². The van der Waals surface area contributed by atoms with Gasteiger partial charge in [-0.3, -0.25) is 10.1 Å². The summed E-state index contributed by atoms with van der Waals surface area (Å²) in [6.07, 6.45) is 0. The van der Waals surface area contributed by atoms with Gasteiger partial charge in [-0.2, -0.15) is 0 Å². The van der Waals surface area contributed by atoms with Gasteiger partial charge in [0.15, 0.2) is 0 Å². The van der Waals surface area contributed by atoms with Crippen molar-refractivity contribution < 1.29 is 14.1 Å². The molecule has 0 bridgehead atoms. The van der Waals surface area contributed by atoms with E-state index in [1.54, 1.807) is 19.9 Å². The van der Waals surface area contributed by atoms with Gasteiger partial charge in [0.05, 0.1) is 4.92 Å². The van der Waals surface area contributed by atoms with Crippen molar-refractivity contribution in [3.05, 3.63) is 63.5 Å². The highest BCUT2D eigenvalue weighted by molar-refractivity contribution is 5.51. The zero-order chi connectivity index (χ0) is 15.6. The van der Waals surface area contributed by atoms with E-state index in [0.29, 0.717) is 11.3 Å². The van der Waals surface area contributed by atoms with Gasteiger partial charge in [-0.25, -0.2) is 4.39 Å². The lowest BCUT2D eigenvalue weighted by molar-refractivity contribution is -0.385. The van der Waals surface area contributed by atoms with Crippen molar-refractivity contribution in [3.63, 3.8) is 0 Å². The van der Waals surface area contributed by atoms with Crippen molar-refractivity contribution in [1.29, 1.82) is 0 Å². The zero-order valence-electron chi connectivity index (χ0n) is 11.7. The summed E-state index contributed by atoms with van der Waals surface area (Å²) in [6.45, 7) is 3.44. The molecular formula is C15H15FN2O3. The highest BCUT2D eigenvalue weighted by atomic mass is 19.1. The number of nitro benzene ring substituents is 1. The van der Waals surface area contributed by atoms with Gasteiger partial charge in [-0.05, 0) is 43.7 Å². The standard InChI is InChI=1S/C15H15FN2O3/c1-9-3-5-15(13(7-9)18(19)20)21-14-6-4-11(16)8-12(14)10(2)17/h3-8,10H,17H2,1-2H3. The first-order valence-electron chi connectivity index (χ1n) is 6.36. The maximum atomic E-state index is 13.3. The van der Waals surface area contributed by atoms with Crippen LogP contribution >= 0.6 is 0 Å². The average molecular weight is 290 g/mol. The first kappa shape index (κ1) is 14.9. The van der Waals surface area contributed by atoms with Crippen LogP contribution in [0.1, 0.15) is 24.1 Å². The average Bonchev–Trinajstić information content (AvgIpc) is 2.42. The van der Waals surface area contributed by atoms with E-state index in [2.05, 4.69) is 0 Å². The van der Waals surface area contributed by atoms with Crippen LogP contribution in [0.4, 0.5) is 10.1 Å². The Morgan fingerprint density at radius 3 is 2.52 bits per heavy atom. The molecule has 0 amide bonds. The third-order valence-electron chi connectivity index (χ3n) is 2.99. The van der Waals surface area contributed by atoms with Crippen LogP contribution in [0, 0.1) is 22.9 Å². The van der Waals surface area contributed by atoms with Crippen molar-refractivity contribution in [2.75, 3.05) is 0 Å². The number of hydrogen-bond donors (Lipinski definition) is 1. The normalized spacial score (nSPS) is 12.0. The Labute approximate surface area is 121 Å². The van der Waals surface area contributed by atoms with Crippen LogP contribution < -0.4 is 10.5 Å². The molecule has 0 aromatic heterocycles. The number of nitrogens with two attached hydrogens (primary N) is 1. The molecule has 0 aliphatic heterocycles. The molecule has 1 unspecified atom stereocenters. The maximum absolute atomic E-state index is 13.3. The fourth-order valence-electron chi connectivity index (χ4n) is 1.94. The SMILES string of the molecule is Cc1ccc(Oc2ccc(F)cc2C(C)N)c([N+](=O)[O-])c1. The lowest BCUT2D eigenvalue weighted by Gasteiger charge is -2.14. The van der Waals surface area contributed by atoms with Crippen LogP contribution in [0.5, 0.6) is 11.5 Å². The molecular weight excluding hydrogens is 275 g/mol. The number of benzene rings is 2. The first-order valence-corrected chi connectivity index (χ1v) is 6.36. The molecule has 2 rings (SSSR count). The largest absolute Gasteiger partial charge is 0.450 e. The fourth-order valence-corrected chi connectivity index (χ4v) is 1.94. The van der Waals surface area contributed by atoms with Gasteiger partial charge < -0.3 is 10.5 Å². The molecule has 2 N–H and O–H groups in total. The second kappa shape index (κ2) is 5.88. The molecule has 0 radical (unpaired) electrons. The number of aryl methyl sites for hydroxylation is 1. The quantitative estimate of drug-likeness (QED) is 0.685. The molecule has 0 aliphatic carbocycles. The predicted octanol–water partition coefficient (Wildman–Crippen LogP) is 3.85. The Kier molecular flexibility index (Phi) is 4.18. The van der Waals surface area contributed by atoms with Gasteiger partial charge in [0, 0.05) is 17.7 Å². The molecule has 2 aromatic carbocycles. The van der Waals surface area contributed by atoms with E-state index in [1.165, 1.54) is 30.3 Å². The number of halogens is 1. The second-order valence-corrected chi connectivity index (χ2v) is 4.80. The Morgan fingerprint density at radius 1 is 1.24 bits per heavy atom. The van der Waals surface area contributed by atoms with E-state index in [-0.39, 0.29) is 11.4 Å². The summed E-state index contributed by atoms with van der Waals surface area (Å²) in [5.41, 5.74) is 6.83. The van der Waals surface area contributed by atoms with E-state index < -0.39 is 16.8 Å². The topological polar surface area (TPSA) is 78.4 Å². The second-order valence-electron chi connectivity index (χ2n) is 4.80. The van der Waals surface area contributed by atoms with Crippen LogP contribution in [0.2, 0.25) is 0 Å². The highest BCUT2D eigenvalue weighted by Crippen LogP contribution is 2.35. The van der Waals surface area contributed by atoms with Gasteiger partial charge in [0.1, 0.15) is 11.6 Å². The number of rotatable bonds is 4. The van der Waals surface area contributed by atoms with Crippen LogP contribution in [-0.4, -0.2) is 4.92 Å². The summed E-state index contributed by atoms with van der Waals surface area (Å²) in [7, 11) is 0. The summed E-state index contributed by atoms with van der Waals surface area (Å²) < 4.78 is 18.9. The maximum Gasteiger partial charge on any atom is 0.311 e. The molecule has 1 atom stereocenters. The minimum atomic E-state index is -0.516. The first-order chi connectivity index (χ1) is 9.88. The molecule has 0 aliphatic rings. The summed E-state index contributed by atoms with van der Waals surface area (Å²) in [6, 6.07) is 8.09. The van der Waals surface area contributed by atoms with Gasteiger partial charge in [0.2, 0.25) is 5.75 Å². The monoisotopic (exact) mass is 290 g/mol. The van der Waals surface area contributed by atoms with E-state index in [0.717, 1.165) is 5.56 Å². The van der Waals surface area contributed by atoms with E-state index in [4.69, 9.17) is 10.5 Å². The molecule has 2 aromatic rings. The molecule has 110 valence electrons. The third-order valence-corrected chi connectivity index (χ3v) is 2.99. The van der Waals surface area contributed by atoms with Crippen molar-refractivity contribution in [3.8, 4) is 11.5 Å². The van der Waals surface area contributed by atoms with Crippen molar-refractivity contribution in [2.24, 2.45) is 5.73 Å². The van der Waals surface area contributed by atoms with Crippen LogP contribution in [0.15, 0.2) is 36.4 Å². The summed E-state index contributed by atoms with van der Waals surface area (Å²) >= 11 is 0. The van der Waals surface area contributed by atoms with Gasteiger partial charge in [-0.1, -0.05) is 6.07 Å². The molecule has 5 nitrogen and oxygen atoms in total. The number of nitro groups is 1. The van der Waals surface area contributed by atoms with Gasteiger partial charge >= 0.3 is 5.69 Å². The molecule has 21 heavy (non-hydrogen) atoms. The summed E-state index contributed by atoms with van der Waals surface area (Å²) in [4.78, 5) is 10.6. The van der Waals surface area contributed by atoms with E-state index in [1.807, 2.05) is 0 Å². The molecule has 0 spiro atoms. The molecule has 0 saturated heterocycles. The molecule has 0 heterocycles. The molecule has 6 heteroatoms. The van der Waals surface area contributed by atoms with E-state index in [9.17, 15) is 14.5 Å². The Balaban J connectivity index is 2.46. The smallest absolute Gasteiger partial charge is 0.311 e. The third kappa shape index (κ3) is 3.35. The van der Waals surface area contributed by atoms with E-state index >= 15 is 0 Å². The van der Waals surface area contributed by atoms with Crippen molar-refractivity contribution in [2.45, 2.75) is 19.9 Å². The number of ether oxygens (including phenoxy) is 1. The lowest BCUT2D eigenvalue weighted by atomic mass is 10.1. The Hall–Kier alpha value is -2.47. The fraction of sp³-hybridized carbons (Fsp3) is 0.200.